The van der Waals surface area contributed by atoms with Crippen LogP contribution in [0.2, 0.25) is 0 Å². The molecule has 0 aliphatic heterocycles. The molecule has 0 heterocycles. The van der Waals surface area contributed by atoms with E-state index in [9.17, 15) is 0 Å². The summed E-state index contributed by atoms with van der Waals surface area (Å²) in [5.74, 6) is 1.55. The van der Waals surface area contributed by atoms with Crippen molar-refractivity contribution in [2.75, 3.05) is 13.7 Å². The third kappa shape index (κ3) is 6.50. The quantitative estimate of drug-likeness (QED) is 0.742. The van der Waals surface area contributed by atoms with Gasteiger partial charge in [0.15, 0.2) is 11.5 Å². The zero-order chi connectivity index (χ0) is 15.7. The second-order valence-corrected chi connectivity index (χ2v) is 6.02. The van der Waals surface area contributed by atoms with Gasteiger partial charge in [-0.05, 0) is 39.7 Å². The molecule has 1 aromatic rings. The van der Waals surface area contributed by atoms with E-state index in [1.165, 1.54) is 0 Å². The van der Waals surface area contributed by atoms with Gasteiger partial charge in [-0.15, -0.1) is 0 Å². The second kappa shape index (κ2) is 8.53. The molecule has 0 fully saturated rings. The zero-order valence-electron chi connectivity index (χ0n) is 13.5. The van der Waals surface area contributed by atoms with Gasteiger partial charge in [0.1, 0.15) is 0 Å². The minimum atomic E-state index is 0.0488. The van der Waals surface area contributed by atoms with Crippen molar-refractivity contribution < 1.29 is 9.47 Å². The summed E-state index contributed by atoms with van der Waals surface area (Å²) < 4.78 is 11.3. The summed E-state index contributed by atoms with van der Waals surface area (Å²) in [7, 11) is 1.65. The Labute approximate surface area is 128 Å². The summed E-state index contributed by atoms with van der Waals surface area (Å²) in [5.41, 5.74) is 1.14. The number of rotatable bonds is 8. The number of benzene rings is 1. The number of unbranched alkanes of at least 4 members (excludes halogenated alkanes) is 2. The van der Waals surface area contributed by atoms with Crippen molar-refractivity contribution in [3.8, 4) is 17.6 Å². The number of nitriles is 1. The van der Waals surface area contributed by atoms with Crippen molar-refractivity contribution >= 4 is 0 Å². The van der Waals surface area contributed by atoms with E-state index in [0.29, 0.717) is 13.0 Å². The molecule has 0 aliphatic rings. The lowest BCUT2D eigenvalue weighted by molar-refractivity contribution is 0.282. The van der Waals surface area contributed by atoms with Crippen LogP contribution in [0.3, 0.4) is 0 Å². The highest BCUT2D eigenvalue weighted by Gasteiger charge is 2.14. The number of nitrogens with zero attached hydrogens (tertiary/aromatic N) is 1. The van der Waals surface area contributed by atoms with Gasteiger partial charge in [-0.25, -0.2) is 0 Å². The maximum absolute atomic E-state index is 8.54. The molecular weight excluding hydrogens is 264 g/mol. The normalized spacial score (nSPS) is 11.0. The maximum atomic E-state index is 8.54. The highest BCUT2D eigenvalue weighted by molar-refractivity contribution is 5.46. The summed E-state index contributed by atoms with van der Waals surface area (Å²) in [6.07, 6.45) is 2.31. The molecule has 0 spiro atoms. The van der Waals surface area contributed by atoms with E-state index in [1.807, 2.05) is 18.2 Å². The van der Waals surface area contributed by atoms with Gasteiger partial charge < -0.3 is 14.8 Å². The lowest BCUT2D eigenvalue weighted by Crippen LogP contribution is -2.35. The molecule has 0 atom stereocenters. The summed E-state index contributed by atoms with van der Waals surface area (Å²) in [4.78, 5) is 0. The average molecular weight is 290 g/mol. The Morgan fingerprint density at radius 3 is 2.62 bits per heavy atom. The molecule has 4 heteroatoms. The zero-order valence-corrected chi connectivity index (χ0v) is 13.5. The lowest BCUT2D eigenvalue weighted by Gasteiger charge is -2.22. The highest BCUT2D eigenvalue weighted by Crippen LogP contribution is 2.31. The van der Waals surface area contributed by atoms with Crippen LogP contribution < -0.4 is 14.8 Å². The topological polar surface area (TPSA) is 54.3 Å². The highest BCUT2D eigenvalue weighted by atomic mass is 16.5. The number of ether oxygens (including phenoxy) is 2. The minimum absolute atomic E-state index is 0.0488. The van der Waals surface area contributed by atoms with Crippen LogP contribution in [-0.4, -0.2) is 19.3 Å². The first-order valence-electron chi connectivity index (χ1n) is 7.38. The largest absolute Gasteiger partial charge is 0.493 e. The van der Waals surface area contributed by atoms with E-state index in [0.717, 1.165) is 36.4 Å². The van der Waals surface area contributed by atoms with Gasteiger partial charge in [0, 0.05) is 24.1 Å². The summed E-state index contributed by atoms with van der Waals surface area (Å²) in [6.45, 7) is 7.74. The van der Waals surface area contributed by atoms with Crippen LogP contribution in [-0.2, 0) is 6.54 Å². The lowest BCUT2D eigenvalue weighted by atomic mass is 10.1. The maximum Gasteiger partial charge on any atom is 0.165 e. The van der Waals surface area contributed by atoms with Crippen molar-refractivity contribution in [3.63, 3.8) is 0 Å². The fourth-order valence-electron chi connectivity index (χ4n) is 1.87. The van der Waals surface area contributed by atoms with E-state index < -0.39 is 0 Å². The molecule has 0 unspecified atom stereocenters. The minimum Gasteiger partial charge on any atom is -0.493 e. The molecule has 0 aliphatic carbocycles. The molecular formula is C17H26N2O2. The second-order valence-electron chi connectivity index (χ2n) is 6.02. The van der Waals surface area contributed by atoms with Crippen LogP contribution in [0.25, 0.3) is 0 Å². The number of para-hydroxylation sites is 1. The average Bonchev–Trinajstić information content (AvgIpc) is 2.44. The van der Waals surface area contributed by atoms with Gasteiger partial charge in [0.2, 0.25) is 0 Å². The molecule has 0 saturated heterocycles. The Kier molecular flexibility index (Phi) is 7.04. The van der Waals surface area contributed by atoms with Crippen LogP contribution in [0, 0.1) is 11.3 Å². The monoisotopic (exact) mass is 290 g/mol. The standard InChI is InChI=1S/C17H26N2O2/c1-17(2,3)19-13-14-9-8-10-15(20-4)16(14)21-12-7-5-6-11-18/h8-10,19H,5-7,12-13H2,1-4H3. The van der Waals surface area contributed by atoms with Crippen LogP contribution >= 0.6 is 0 Å². The van der Waals surface area contributed by atoms with Gasteiger partial charge in [0.05, 0.1) is 19.8 Å². The molecule has 1 aromatic carbocycles. The SMILES string of the molecule is COc1cccc(CNC(C)(C)C)c1OCCCCC#N. The van der Waals surface area contributed by atoms with E-state index in [4.69, 9.17) is 14.7 Å². The Morgan fingerprint density at radius 1 is 1.24 bits per heavy atom. The first kappa shape index (κ1) is 17.3. The van der Waals surface area contributed by atoms with Crippen LogP contribution in [0.15, 0.2) is 18.2 Å². The third-order valence-corrected chi connectivity index (χ3v) is 3.02. The van der Waals surface area contributed by atoms with Crippen LogP contribution in [0.1, 0.15) is 45.6 Å². The molecule has 0 aromatic heterocycles. The molecule has 0 saturated carbocycles. The Balaban J connectivity index is 2.71. The Bertz CT molecular complexity index is 473. The number of hydrogen-bond donors (Lipinski definition) is 1. The van der Waals surface area contributed by atoms with Gasteiger partial charge in [-0.3, -0.25) is 0 Å². The smallest absolute Gasteiger partial charge is 0.165 e. The van der Waals surface area contributed by atoms with Crippen LogP contribution in [0.4, 0.5) is 0 Å². The molecule has 4 nitrogen and oxygen atoms in total. The number of nitrogens with one attached hydrogen (secondary N) is 1. The van der Waals surface area contributed by atoms with Gasteiger partial charge in [0.25, 0.3) is 0 Å². The van der Waals surface area contributed by atoms with E-state index in [-0.39, 0.29) is 5.54 Å². The molecule has 1 N–H and O–H groups in total. The van der Waals surface area contributed by atoms with Crippen molar-refractivity contribution in [3.05, 3.63) is 23.8 Å². The van der Waals surface area contributed by atoms with Crippen molar-refractivity contribution in [1.82, 2.24) is 5.32 Å². The Morgan fingerprint density at radius 2 is 2.00 bits per heavy atom. The summed E-state index contributed by atoms with van der Waals surface area (Å²) in [5, 5.41) is 12.0. The van der Waals surface area contributed by atoms with E-state index in [2.05, 4.69) is 32.2 Å². The van der Waals surface area contributed by atoms with Gasteiger partial charge >= 0.3 is 0 Å². The van der Waals surface area contributed by atoms with Gasteiger partial charge in [-0.1, -0.05) is 12.1 Å². The van der Waals surface area contributed by atoms with Crippen molar-refractivity contribution in [2.45, 2.75) is 52.1 Å². The molecule has 0 amide bonds. The number of hydrogen-bond acceptors (Lipinski definition) is 4. The van der Waals surface area contributed by atoms with Gasteiger partial charge in [-0.2, -0.15) is 5.26 Å². The molecule has 0 bridgehead atoms. The van der Waals surface area contributed by atoms with Crippen LogP contribution in [0.5, 0.6) is 11.5 Å². The fraction of sp³-hybridized carbons (Fsp3) is 0.588. The van der Waals surface area contributed by atoms with E-state index >= 15 is 0 Å². The predicted octanol–water partition coefficient (Wildman–Crippen LogP) is 3.66. The van der Waals surface area contributed by atoms with Crippen molar-refractivity contribution in [1.29, 1.82) is 5.26 Å². The molecule has 116 valence electrons. The third-order valence-electron chi connectivity index (χ3n) is 3.02. The Hall–Kier alpha value is -1.73. The number of methoxy groups -OCH3 is 1. The molecule has 21 heavy (non-hydrogen) atoms. The fourth-order valence-corrected chi connectivity index (χ4v) is 1.87. The first-order chi connectivity index (χ1) is 9.98. The van der Waals surface area contributed by atoms with E-state index in [1.54, 1.807) is 7.11 Å². The predicted molar refractivity (Wildman–Crippen MR) is 84.5 cm³/mol. The van der Waals surface area contributed by atoms with Crippen molar-refractivity contribution in [2.24, 2.45) is 0 Å². The summed E-state index contributed by atoms with van der Waals surface area (Å²) in [6, 6.07) is 8.08. The summed E-state index contributed by atoms with van der Waals surface area (Å²) >= 11 is 0. The molecule has 1 rings (SSSR count). The first-order valence-corrected chi connectivity index (χ1v) is 7.38. The molecule has 0 radical (unpaired) electrons.